The van der Waals surface area contributed by atoms with Crippen molar-refractivity contribution >= 4 is 0 Å². The normalized spacial score (nSPS) is 13.5. The molecule has 1 rings (SSSR count). The number of imidazole rings is 1. The maximum atomic E-state index is 5.47. The first kappa shape index (κ1) is 11.2. The summed E-state index contributed by atoms with van der Waals surface area (Å²) in [7, 11) is 2.02. The zero-order valence-electron chi connectivity index (χ0n) is 9.20. The summed E-state index contributed by atoms with van der Waals surface area (Å²) in [6.45, 7) is 4.34. The van der Waals surface area contributed by atoms with E-state index in [0.29, 0.717) is 12.0 Å². The Morgan fingerprint density at radius 2 is 2.29 bits per heavy atom. The Morgan fingerprint density at radius 1 is 1.57 bits per heavy atom. The minimum Gasteiger partial charge on any atom is -0.338 e. The molecule has 0 saturated carbocycles. The van der Waals surface area contributed by atoms with Gasteiger partial charge in [0.05, 0.1) is 0 Å². The van der Waals surface area contributed by atoms with E-state index in [4.69, 9.17) is 5.84 Å². The Kier molecular flexibility index (Phi) is 4.10. The second kappa shape index (κ2) is 5.12. The van der Waals surface area contributed by atoms with Crippen molar-refractivity contribution in [1.82, 2.24) is 15.0 Å². The van der Waals surface area contributed by atoms with Crippen molar-refractivity contribution in [2.75, 3.05) is 0 Å². The highest BCUT2D eigenvalue weighted by Crippen LogP contribution is 2.08. The first-order valence-corrected chi connectivity index (χ1v) is 5.07. The maximum Gasteiger partial charge on any atom is 0.108 e. The van der Waals surface area contributed by atoms with Crippen LogP contribution < -0.4 is 11.3 Å². The van der Waals surface area contributed by atoms with Crippen LogP contribution >= 0.6 is 0 Å². The van der Waals surface area contributed by atoms with Crippen molar-refractivity contribution < 1.29 is 0 Å². The summed E-state index contributed by atoms with van der Waals surface area (Å²) >= 11 is 0. The number of aryl methyl sites for hydroxylation is 2. The molecule has 0 aliphatic carbocycles. The average molecular weight is 196 g/mol. The molecule has 0 fully saturated rings. The van der Waals surface area contributed by atoms with Crippen LogP contribution in [0, 0.1) is 5.92 Å². The van der Waals surface area contributed by atoms with Crippen molar-refractivity contribution in [3.63, 3.8) is 0 Å². The summed E-state index contributed by atoms with van der Waals surface area (Å²) in [6, 6.07) is 0.367. The van der Waals surface area contributed by atoms with E-state index in [1.54, 1.807) is 0 Å². The molecule has 0 aliphatic heterocycles. The Hall–Kier alpha value is -0.870. The number of hydrogen-bond donors (Lipinski definition) is 2. The third kappa shape index (κ3) is 2.82. The number of aromatic nitrogens is 2. The van der Waals surface area contributed by atoms with Gasteiger partial charge in [0.25, 0.3) is 0 Å². The van der Waals surface area contributed by atoms with E-state index >= 15 is 0 Å². The Balaban J connectivity index is 2.43. The smallest absolute Gasteiger partial charge is 0.108 e. The number of rotatable bonds is 5. The minimum absolute atomic E-state index is 0.367. The van der Waals surface area contributed by atoms with Crippen LogP contribution in [-0.2, 0) is 13.5 Å². The van der Waals surface area contributed by atoms with Crippen LogP contribution in [0.4, 0.5) is 0 Å². The van der Waals surface area contributed by atoms with Gasteiger partial charge < -0.3 is 4.57 Å². The summed E-state index contributed by atoms with van der Waals surface area (Å²) in [5, 5.41) is 0. The van der Waals surface area contributed by atoms with E-state index < -0.39 is 0 Å². The number of nitrogens with zero attached hydrogens (tertiary/aromatic N) is 2. The second-order valence-electron chi connectivity index (χ2n) is 4.01. The predicted molar refractivity (Wildman–Crippen MR) is 57.5 cm³/mol. The fourth-order valence-electron chi connectivity index (χ4n) is 1.53. The van der Waals surface area contributed by atoms with E-state index in [0.717, 1.165) is 18.7 Å². The summed E-state index contributed by atoms with van der Waals surface area (Å²) in [5.41, 5.74) is 2.85. The Bertz CT molecular complexity index is 267. The fourth-order valence-corrected chi connectivity index (χ4v) is 1.53. The lowest BCUT2D eigenvalue weighted by atomic mass is 10.00. The van der Waals surface area contributed by atoms with Gasteiger partial charge in [0.1, 0.15) is 5.82 Å². The molecule has 1 heterocycles. The van der Waals surface area contributed by atoms with Gasteiger partial charge in [-0.3, -0.25) is 11.3 Å². The third-order valence-electron chi connectivity index (χ3n) is 2.62. The first-order valence-electron chi connectivity index (χ1n) is 5.07. The first-order chi connectivity index (χ1) is 6.65. The summed E-state index contributed by atoms with van der Waals surface area (Å²) in [4.78, 5) is 4.28. The molecule has 4 nitrogen and oxygen atoms in total. The molecule has 0 bridgehead atoms. The van der Waals surface area contributed by atoms with Crippen LogP contribution in [0.5, 0.6) is 0 Å². The molecule has 0 aliphatic rings. The molecule has 4 heteroatoms. The van der Waals surface area contributed by atoms with Gasteiger partial charge in [-0.2, -0.15) is 0 Å². The van der Waals surface area contributed by atoms with E-state index in [9.17, 15) is 0 Å². The monoisotopic (exact) mass is 196 g/mol. The largest absolute Gasteiger partial charge is 0.338 e. The summed E-state index contributed by atoms with van der Waals surface area (Å²) < 4.78 is 2.05. The number of hydrazine groups is 1. The Labute approximate surface area is 85.5 Å². The van der Waals surface area contributed by atoms with Crippen molar-refractivity contribution in [2.45, 2.75) is 32.7 Å². The average Bonchev–Trinajstić information content (AvgIpc) is 2.52. The van der Waals surface area contributed by atoms with E-state index in [-0.39, 0.29) is 0 Å². The van der Waals surface area contributed by atoms with Crippen molar-refractivity contribution in [3.05, 3.63) is 18.2 Å². The minimum atomic E-state index is 0.367. The lowest BCUT2D eigenvalue weighted by Gasteiger charge is -2.19. The van der Waals surface area contributed by atoms with E-state index in [1.807, 2.05) is 24.0 Å². The van der Waals surface area contributed by atoms with Crippen molar-refractivity contribution in [3.8, 4) is 0 Å². The molecule has 0 aromatic carbocycles. The molecule has 1 atom stereocenters. The molecule has 0 spiro atoms. The zero-order valence-corrected chi connectivity index (χ0v) is 9.20. The molecule has 0 saturated heterocycles. The van der Waals surface area contributed by atoms with Gasteiger partial charge in [0.15, 0.2) is 0 Å². The van der Waals surface area contributed by atoms with Gasteiger partial charge in [-0.05, 0) is 12.3 Å². The summed E-state index contributed by atoms with van der Waals surface area (Å²) in [6.07, 6.45) is 5.79. The standard InChI is InChI=1S/C10H20N4/c1-8(2)9(13-11)4-5-10-12-6-7-14(10)3/h6-9,13H,4-5,11H2,1-3H3. The second-order valence-corrected chi connectivity index (χ2v) is 4.01. The third-order valence-corrected chi connectivity index (χ3v) is 2.62. The molecular formula is C10H20N4. The van der Waals surface area contributed by atoms with Gasteiger partial charge in [0.2, 0.25) is 0 Å². The molecular weight excluding hydrogens is 176 g/mol. The SMILES string of the molecule is CC(C)C(CCc1nccn1C)NN. The molecule has 1 aromatic rings. The quantitative estimate of drug-likeness (QED) is 0.542. The zero-order chi connectivity index (χ0) is 10.6. The highest BCUT2D eigenvalue weighted by atomic mass is 15.2. The van der Waals surface area contributed by atoms with Gasteiger partial charge in [0, 0.05) is 31.9 Å². The van der Waals surface area contributed by atoms with Crippen LogP contribution in [0.2, 0.25) is 0 Å². The molecule has 14 heavy (non-hydrogen) atoms. The van der Waals surface area contributed by atoms with Gasteiger partial charge in [-0.25, -0.2) is 4.98 Å². The number of nitrogens with one attached hydrogen (secondary N) is 1. The fraction of sp³-hybridized carbons (Fsp3) is 0.700. The lowest BCUT2D eigenvalue weighted by molar-refractivity contribution is 0.380. The highest BCUT2D eigenvalue weighted by Gasteiger charge is 2.12. The van der Waals surface area contributed by atoms with E-state index in [1.165, 1.54) is 0 Å². The summed E-state index contributed by atoms with van der Waals surface area (Å²) in [5.74, 6) is 7.15. The van der Waals surface area contributed by atoms with Crippen molar-refractivity contribution in [1.29, 1.82) is 0 Å². The molecule has 3 N–H and O–H groups in total. The van der Waals surface area contributed by atoms with Gasteiger partial charge in [-0.1, -0.05) is 13.8 Å². The lowest BCUT2D eigenvalue weighted by Crippen LogP contribution is -2.39. The molecule has 80 valence electrons. The topological polar surface area (TPSA) is 55.9 Å². The van der Waals surface area contributed by atoms with E-state index in [2.05, 4.69) is 24.3 Å². The molecule has 1 unspecified atom stereocenters. The maximum absolute atomic E-state index is 5.47. The number of hydrogen-bond acceptors (Lipinski definition) is 3. The Morgan fingerprint density at radius 3 is 2.71 bits per heavy atom. The van der Waals surface area contributed by atoms with Crippen molar-refractivity contribution in [2.24, 2.45) is 18.8 Å². The highest BCUT2D eigenvalue weighted by molar-refractivity contribution is 4.92. The molecule has 1 aromatic heterocycles. The van der Waals surface area contributed by atoms with Crippen LogP contribution in [0.3, 0.4) is 0 Å². The predicted octanol–water partition coefficient (Wildman–Crippen LogP) is 0.841. The van der Waals surface area contributed by atoms with Crippen LogP contribution in [-0.4, -0.2) is 15.6 Å². The van der Waals surface area contributed by atoms with Gasteiger partial charge in [-0.15, -0.1) is 0 Å². The molecule has 0 amide bonds. The van der Waals surface area contributed by atoms with Crippen LogP contribution in [0.1, 0.15) is 26.1 Å². The van der Waals surface area contributed by atoms with Crippen LogP contribution in [0.15, 0.2) is 12.4 Å². The number of nitrogens with two attached hydrogens (primary N) is 1. The van der Waals surface area contributed by atoms with Gasteiger partial charge >= 0.3 is 0 Å². The molecule has 0 radical (unpaired) electrons. The van der Waals surface area contributed by atoms with Crippen LogP contribution in [0.25, 0.3) is 0 Å².